The monoisotopic (exact) mass is 362 g/mol. The number of ether oxygens (including phenoxy) is 2. The lowest BCUT2D eigenvalue weighted by molar-refractivity contribution is 0.0853. The third kappa shape index (κ3) is 4.63. The largest absolute Gasteiger partial charge is 0.450 e. The molecule has 0 aromatic carbocycles. The Morgan fingerprint density at radius 2 is 2.15 bits per heavy atom. The molecule has 2 fully saturated rings. The van der Waals surface area contributed by atoms with Gasteiger partial charge in [-0.2, -0.15) is 0 Å². The van der Waals surface area contributed by atoms with Crippen molar-refractivity contribution in [2.24, 2.45) is 0 Å². The standard InChI is InChI=1S/C18H26N4O4/c1-2-25-18(24)22-9-7-21(8-10-22)14-5-6-19-16(12-14)17(23)20-13-15-4-3-11-26-15/h5-6,12,15H,2-4,7-11,13H2,1H3,(H,20,23). The van der Waals surface area contributed by atoms with Gasteiger partial charge in [0.25, 0.3) is 5.91 Å². The van der Waals surface area contributed by atoms with Crippen molar-refractivity contribution in [3.05, 3.63) is 24.0 Å². The molecule has 3 rings (SSSR count). The van der Waals surface area contributed by atoms with Crippen LogP contribution in [0, 0.1) is 0 Å². The van der Waals surface area contributed by atoms with Crippen molar-refractivity contribution in [3.8, 4) is 0 Å². The molecule has 1 aromatic rings. The number of hydrogen-bond donors (Lipinski definition) is 1. The number of nitrogens with zero attached hydrogens (tertiary/aromatic N) is 3. The van der Waals surface area contributed by atoms with E-state index in [9.17, 15) is 9.59 Å². The Kier molecular flexibility index (Phi) is 6.27. The van der Waals surface area contributed by atoms with E-state index < -0.39 is 0 Å². The lowest BCUT2D eigenvalue weighted by Crippen LogP contribution is -2.49. The van der Waals surface area contributed by atoms with Gasteiger partial charge in [0.2, 0.25) is 0 Å². The summed E-state index contributed by atoms with van der Waals surface area (Å²) in [5, 5.41) is 2.89. The molecular formula is C18H26N4O4. The number of aromatic nitrogens is 1. The maximum atomic E-state index is 12.3. The highest BCUT2D eigenvalue weighted by atomic mass is 16.6. The number of rotatable bonds is 5. The Labute approximate surface area is 153 Å². The number of anilines is 1. The van der Waals surface area contributed by atoms with E-state index >= 15 is 0 Å². The van der Waals surface area contributed by atoms with Crippen molar-refractivity contribution in [1.82, 2.24) is 15.2 Å². The van der Waals surface area contributed by atoms with Crippen LogP contribution in [0.2, 0.25) is 0 Å². The number of hydrogen-bond acceptors (Lipinski definition) is 6. The van der Waals surface area contributed by atoms with Crippen LogP contribution in [0.5, 0.6) is 0 Å². The molecular weight excluding hydrogens is 336 g/mol. The molecule has 2 saturated heterocycles. The SMILES string of the molecule is CCOC(=O)N1CCN(c2ccnc(C(=O)NCC3CCCO3)c2)CC1. The molecule has 142 valence electrons. The third-order valence-electron chi connectivity index (χ3n) is 4.66. The normalized spacial score (nSPS) is 20.1. The van der Waals surface area contributed by atoms with Crippen LogP contribution >= 0.6 is 0 Å². The van der Waals surface area contributed by atoms with Crippen LogP contribution in [-0.2, 0) is 9.47 Å². The first-order valence-corrected chi connectivity index (χ1v) is 9.20. The maximum absolute atomic E-state index is 12.3. The van der Waals surface area contributed by atoms with Gasteiger partial charge in [0.15, 0.2) is 0 Å². The molecule has 1 atom stereocenters. The second-order valence-electron chi connectivity index (χ2n) is 6.42. The topological polar surface area (TPSA) is 84.0 Å². The van der Waals surface area contributed by atoms with Crippen LogP contribution in [0.3, 0.4) is 0 Å². The summed E-state index contributed by atoms with van der Waals surface area (Å²) in [5.74, 6) is -0.187. The number of carbonyl (C=O) groups is 2. The first-order valence-electron chi connectivity index (χ1n) is 9.20. The predicted molar refractivity (Wildman–Crippen MR) is 96.4 cm³/mol. The van der Waals surface area contributed by atoms with Gasteiger partial charge in [0.1, 0.15) is 5.69 Å². The third-order valence-corrected chi connectivity index (χ3v) is 4.66. The van der Waals surface area contributed by atoms with Crippen LogP contribution in [-0.4, -0.2) is 73.9 Å². The Balaban J connectivity index is 1.54. The zero-order valence-electron chi connectivity index (χ0n) is 15.1. The molecule has 1 unspecified atom stereocenters. The van der Waals surface area contributed by atoms with Gasteiger partial charge in [0, 0.05) is 51.2 Å². The molecule has 0 spiro atoms. The zero-order valence-corrected chi connectivity index (χ0v) is 15.1. The lowest BCUT2D eigenvalue weighted by Gasteiger charge is -2.35. The summed E-state index contributed by atoms with van der Waals surface area (Å²) in [4.78, 5) is 32.1. The average molecular weight is 362 g/mol. The molecule has 1 N–H and O–H groups in total. The minimum absolute atomic E-state index is 0.109. The Morgan fingerprint density at radius 1 is 1.35 bits per heavy atom. The van der Waals surface area contributed by atoms with Crippen LogP contribution in [0.15, 0.2) is 18.3 Å². The Bertz CT molecular complexity index is 625. The van der Waals surface area contributed by atoms with Crippen molar-refractivity contribution in [2.45, 2.75) is 25.9 Å². The van der Waals surface area contributed by atoms with Gasteiger partial charge in [-0.15, -0.1) is 0 Å². The van der Waals surface area contributed by atoms with Crippen LogP contribution in [0.1, 0.15) is 30.3 Å². The molecule has 0 radical (unpaired) electrons. The average Bonchev–Trinajstić information content (AvgIpc) is 3.20. The van der Waals surface area contributed by atoms with E-state index in [2.05, 4.69) is 15.2 Å². The van der Waals surface area contributed by atoms with Crippen molar-refractivity contribution in [2.75, 3.05) is 50.8 Å². The molecule has 2 amide bonds. The summed E-state index contributed by atoms with van der Waals surface area (Å²) < 4.78 is 10.6. The fraction of sp³-hybridized carbons (Fsp3) is 0.611. The van der Waals surface area contributed by atoms with Crippen molar-refractivity contribution < 1.29 is 19.1 Å². The molecule has 0 aliphatic carbocycles. The first kappa shape index (κ1) is 18.4. The summed E-state index contributed by atoms with van der Waals surface area (Å²) in [5.41, 5.74) is 1.33. The summed E-state index contributed by atoms with van der Waals surface area (Å²) >= 11 is 0. The minimum Gasteiger partial charge on any atom is -0.450 e. The van der Waals surface area contributed by atoms with Gasteiger partial charge in [-0.05, 0) is 31.9 Å². The Hall–Kier alpha value is -2.35. The maximum Gasteiger partial charge on any atom is 0.409 e. The van der Waals surface area contributed by atoms with Crippen molar-refractivity contribution >= 4 is 17.7 Å². The van der Waals surface area contributed by atoms with Crippen LogP contribution in [0.25, 0.3) is 0 Å². The fourth-order valence-electron chi connectivity index (χ4n) is 3.20. The highest BCUT2D eigenvalue weighted by Gasteiger charge is 2.23. The van der Waals surface area contributed by atoms with Gasteiger partial charge in [-0.1, -0.05) is 0 Å². The number of nitrogens with one attached hydrogen (secondary N) is 1. The predicted octanol–water partition coefficient (Wildman–Crippen LogP) is 1.27. The molecule has 8 heteroatoms. The van der Waals surface area contributed by atoms with E-state index in [1.807, 2.05) is 6.07 Å². The molecule has 1 aromatic heterocycles. The van der Waals surface area contributed by atoms with Gasteiger partial charge in [-0.25, -0.2) is 4.79 Å². The number of amides is 2. The number of piperazine rings is 1. The smallest absolute Gasteiger partial charge is 0.409 e. The van der Waals surface area contributed by atoms with E-state index in [4.69, 9.17) is 9.47 Å². The Morgan fingerprint density at radius 3 is 2.85 bits per heavy atom. The number of carbonyl (C=O) groups excluding carboxylic acids is 2. The summed E-state index contributed by atoms with van der Waals surface area (Å²) in [6, 6.07) is 3.68. The van der Waals surface area contributed by atoms with Crippen molar-refractivity contribution in [3.63, 3.8) is 0 Å². The second-order valence-corrected chi connectivity index (χ2v) is 6.42. The quantitative estimate of drug-likeness (QED) is 0.849. The van der Waals surface area contributed by atoms with Gasteiger partial charge < -0.3 is 24.6 Å². The highest BCUT2D eigenvalue weighted by molar-refractivity contribution is 5.93. The molecule has 0 bridgehead atoms. The second kappa shape index (κ2) is 8.84. The molecule has 8 nitrogen and oxygen atoms in total. The summed E-state index contributed by atoms with van der Waals surface area (Å²) in [7, 11) is 0. The summed E-state index contributed by atoms with van der Waals surface area (Å²) in [6.45, 7) is 6.06. The minimum atomic E-state index is -0.268. The van der Waals surface area contributed by atoms with E-state index in [1.54, 1.807) is 24.1 Å². The molecule has 3 heterocycles. The zero-order chi connectivity index (χ0) is 18.4. The molecule has 0 saturated carbocycles. The summed E-state index contributed by atoms with van der Waals surface area (Å²) in [6.07, 6.45) is 3.52. The van der Waals surface area contributed by atoms with Crippen molar-refractivity contribution in [1.29, 1.82) is 0 Å². The molecule has 2 aliphatic heterocycles. The van der Waals surface area contributed by atoms with Crippen LogP contribution < -0.4 is 10.2 Å². The number of pyridine rings is 1. The molecule has 26 heavy (non-hydrogen) atoms. The first-order chi connectivity index (χ1) is 12.7. The van der Waals surface area contributed by atoms with Gasteiger partial charge in [0.05, 0.1) is 12.7 Å². The highest BCUT2D eigenvalue weighted by Crippen LogP contribution is 2.17. The van der Waals surface area contributed by atoms with E-state index in [0.29, 0.717) is 45.0 Å². The van der Waals surface area contributed by atoms with E-state index in [-0.39, 0.29) is 18.1 Å². The van der Waals surface area contributed by atoms with Gasteiger partial charge >= 0.3 is 6.09 Å². The van der Waals surface area contributed by atoms with E-state index in [0.717, 1.165) is 25.1 Å². The van der Waals surface area contributed by atoms with Gasteiger partial charge in [-0.3, -0.25) is 9.78 Å². The lowest BCUT2D eigenvalue weighted by atomic mass is 10.2. The van der Waals surface area contributed by atoms with Crippen LogP contribution in [0.4, 0.5) is 10.5 Å². The fourth-order valence-corrected chi connectivity index (χ4v) is 3.20. The molecule has 2 aliphatic rings. The van der Waals surface area contributed by atoms with E-state index in [1.165, 1.54) is 0 Å².